The average Bonchev–Trinajstić information content (AvgIpc) is 2.36. The lowest BCUT2D eigenvalue weighted by Crippen LogP contribution is -1.84. The van der Waals surface area contributed by atoms with Gasteiger partial charge in [-0.05, 0) is 30.3 Å². The lowest BCUT2D eigenvalue weighted by molar-refractivity contribution is 0.474. The van der Waals surface area contributed by atoms with Crippen molar-refractivity contribution in [1.82, 2.24) is 0 Å². The number of hydrogen-bond donors (Lipinski definition) is 1. The fraction of sp³-hybridized carbons (Fsp3) is 0. The maximum absolute atomic E-state index is 13.0. The highest BCUT2D eigenvalue weighted by atomic mass is 79.9. The Labute approximate surface area is 127 Å². The molecule has 2 nitrogen and oxygen atoms in total. The normalized spacial score (nSPS) is 11.2. The van der Waals surface area contributed by atoms with Crippen LogP contribution in [0.5, 0.6) is 5.75 Å². The Balaban J connectivity index is 2.35. The second-order valence-corrected chi connectivity index (χ2v) is 5.41. The smallest absolute Gasteiger partial charge is 0.143 e. The van der Waals surface area contributed by atoms with Gasteiger partial charge in [0.2, 0.25) is 0 Å². The van der Waals surface area contributed by atoms with E-state index in [1.54, 1.807) is 12.1 Å². The molecule has 0 bridgehead atoms. The third-order valence-corrected chi connectivity index (χ3v) is 3.35. The molecule has 0 atom stereocenters. The minimum Gasteiger partial charge on any atom is -0.506 e. The van der Waals surface area contributed by atoms with E-state index in [9.17, 15) is 9.50 Å². The van der Waals surface area contributed by atoms with Gasteiger partial charge in [-0.25, -0.2) is 4.39 Å². The minimum absolute atomic E-state index is 0.00820. The van der Waals surface area contributed by atoms with Crippen LogP contribution in [-0.4, -0.2) is 11.3 Å². The van der Waals surface area contributed by atoms with Crippen LogP contribution < -0.4 is 0 Å². The molecule has 6 heteroatoms. The van der Waals surface area contributed by atoms with E-state index in [0.29, 0.717) is 15.7 Å². The van der Waals surface area contributed by atoms with Gasteiger partial charge in [0.05, 0.1) is 15.7 Å². The summed E-state index contributed by atoms with van der Waals surface area (Å²) in [7, 11) is 0. The molecule has 0 aromatic heterocycles. The summed E-state index contributed by atoms with van der Waals surface area (Å²) in [6.07, 6.45) is 1.43. The van der Waals surface area contributed by atoms with Crippen molar-refractivity contribution in [2.45, 2.75) is 0 Å². The highest BCUT2D eigenvalue weighted by Gasteiger charge is 2.06. The predicted molar refractivity (Wildman–Crippen MR) is 79.5 cm³/mol. The third-order valence-electron chi connectivity index (χ3n) is 2.31. The van der Waals surface area contributed by atoms with Crippen LogP contribution in [-0.2, 0) is 0 Å². The molecule has 0 unspecified atom stereocenters. The first-order chi connectivity index (χ1) is 8.97. The van der Waals surface area contributed by atoms with Gasteiger partial charge in [0.1, 0.15) is 11.6 Å². The number of nitrogens with zero attached hydrogens (tertiary/aromatic N) is 1. The van der Waals surface area contributed by atoms with E-state index in [4.69, 9.17) is 23.2 Å². The Morgan fingerprint density at radius 1 is 1.16 bits per heavy atom. The molecule has 0 aliphatic heterocycles. The van der Waals surface area contributed by atoms with Gasteiger partial charge in [0.15, 0.2) is 0 Å². The Bertz CT molecular complexity index is 661. The van der Waals surface area contributed by atoms with E-state index in [0.717, 1.165) is 0 Å². The van der Waals surface area contributed by atoms with Gasteiger partial charge in [-0.2, -0.15) is 0 Å². The summed E-state index contributed by atoms with van der Waals surface area (Å²) < 4.78 is 13.7. The summed E-state index contributed by atoms with van der Waals surface area (Å²) in [6, 6.07) is 7.33. The number of hydrogen-bond acceptors (Lipinski definition) is 2. The van der Waals surface area contributed by atoms with Crippen LogP contribution in [0, 0.1) is 5.82 Å². The first-order valence-electron chi connectivity index (χ1n) is 5.14. The lowest BCUT2D eigenvalue weighted by Gasteiger charge is -2.02. The minimum atomic E-state index is -0.506. The molecule has 0 aliphatic carbocycles. The molecule has 0 spiro atoms. The van der Waals surface area contributed by atoms with Gasteiger partial charge >= 0.3 is 0 Å². The molecule has 19 heavy (non-hydrogen) atoms. The van der Waals surface area contributed by atoms with E-state index in [1.807, 2.05) is 0 Å². The van der Waals surface area contributed by atoms with E-state index >= 15 is 0 Å². The quantitative estimate of drug-likeness (QED) is 0.717. The van der Waals surface area contributed by atoms with Crippen molar-refractivity contribution in [1.29, 1.82) is 0 Å². The van der Waals surface area contributed by atoms with Crippen LogP contribution in [0.4, 0.5) is 10.1 Å². The summed E-state index contributed by atoms with van der Waals surface area (Å²) in [4.78, 5) is 4.11. The first-order valence-corrected chi connectivity index (χ1v) is 6.69. The molecule has 0 saturated carbocycles. The van der Waals surface area contributed by atoms with E-state index < -0.39 is 5.82 Å². The molecule has 2 aromatic rings. The molecule has 2 rings (SSSR count). The largest absolute Gasteiger partial charge is 0.506 e. The summed E-state index contributed by atoms with van der Waals surface area (Å²) in [6.45, 7) is 0. The molecule has 98 valence electrons. The fourth-order valence-corrected chi connectivity index (χ4v) is 2.40. The monoisotopic (exact) mass is 361 g/mol. The maximum Gasteiger partial charge on any atom is 0.143 e. The van der Waals surface area contributed by atoms with Crippen LogP contribution in [0.1, 0.15) is 5.56 Å². The zero-order chi connectivity index (χ0) is 14.0. The second kappa shape index (κ2) is 5.90. The SMILES string of the molecule is Oc1c(Cl)cc(Br)cc1C=Nc1ccc(F)c(Cl)c1. The van der Waals surface area contributed by atoms with Crippen molar-refractivity contribution >= 4 is 51.0 Å². The molecule has 0 saturated heterocycles. The number of phenols is 1. The molecule has 1 N–H and O–H groups in total. The molecule has 0 heterocycles. The van der Waals surface area contributed by atoms with Crippen LogP contribution in [0.25, 0.3) is 0 Å². The van der Waals surface area contributed by atoms with E-state index in [-0.39, 0.29) is 15.8 Å². The van der Waals surface area contributed by atoms with Crippen molar-refractivity contribution < 1.29 is 9.50 Å². The van der Waals surface area contributed by atoms with Gasteiger partial charge in [-0.3, -0.25) is 4.99 Å². The number of aromatic hydroxyl groups is 1. The molecule has 2 aromatic carbocycles. The molecular formula is C13H7BrCl2FNO. The molecule has 0 amide bonds. The van der Waals surface area contributed by atoms with Crippen LogP contribution in [0.3, 0.4) is 0 Å². The standard InChI is InChI=1S/C13H7BrCl2FNO/c14-8-3-7(13(19)11(16)4-8)6-18-9-1-2-12(17)10(15)5-9/h1-6,19H. The molecular weight excluding hydrogens is 356 g/mol. The van der Waals surface area contributed by atoms with Crippen molar-refractivity contribution in [2.75, 3.05) is 0 Å². The zero-order valence-corrected chi connectivity index (χ0v) is 12.5. The van der Waals surface area contributed by atoms with Crippen LogP contribution >= 0.6 is 39.1 Å². The maximum atomic E-state index is 13.0. The summed E-state index contributed by atoms with van der Waals surface area (Å²) >= 11 is 14.8. The number of aliphatic imine (C=N–C) groups is 1. The number of benzene rings is 2. The Morgan fingerprint density at radius 2 is 1.89 bits per heavy atom. The van der Waals surface area contributed by atoms with Gasteiger partial charge in [0.25, 0.3) is 0 Å². The van der Waals surface area contributed by atoms with E-state index in [1.165, 1.54) is 24.4 Å². The van der Waals surface area contributed by atoms with Gasteiger partial charge in [-0.1, -0.05) is 39.1 Å². The highest BCUT2D eigenvalue weighted by Crippen LogP contribution is 2.30. The summed E-state index contributed by atoms with van der Waals surface area (Å²) in [5, 5.41) is 9.98. The lowest BCUT2D eigenvalue weighted by atomic mass is 10.2. The topological polar surface area (TPSA) is 32.6 Å². The van der Waals surface area contributed by atoms with Crippen LogP contribution in [0.2, 0.25) is 10.0 Å². The van der Waals surface area contributed by atoms with Crippen LogP contribution in [0.15, 0.2) is 39.8 Å². The Hall–Kier alpha value is -1.10. The summed E-state index contributed by atoms with van der Waals surface area (Å²) in [5.74, 6) is -0.573. The van der Waals surface area contributed by atoms with Crippen molar-refractivity contribution in [3.05, 3.63) is 56.2 Å². The average molecular weight is 363 g/mol. The number of rotatable bonds is 2. The van der Waals surface area contributed by atoms with Gasteiger partial charge in [0, 0.05) is 16.3 Å². The molecule has 0 fully saturated rings. The van der Waals surface area contributed by atoms with Crippen molar-refractivity contribution in [3.63, 3.8) is 0 Å². The first kappa shape index (κ1) is 14.3. The Kier molecular flexibility index (Phi) is 4.45. The third kappa shape index (κ3) is 3.47. The van der Waals surface area contributed by atoms with Gasteiger partial charge in [-0.15, -0.1) is 0 Å². The second-order valence-electron chi connectivity index (χ2n) is 3.68. The highest BCUT2D eigenvalue weighted by molar-refractivity contribution is 9.10. The zero-order valence-electron chi connectivity index (χ0n) is 9.37. The number of phenolic OH excluding ortho intramolecular Hbond substituents is 1. The fourth-order valence-electron chi connectivity index (χ4n) is 1.39. The molecule has 0 aliphatic rings. The summed E-state index contributed by atoms with van der Waals surface area (Å²) in [5.41, 5.74) is 0.918. The number of halogens is 4. The molecule has 0 radical (unpaired) electrons. The Morgan fingerprint density at radius 3 is 2.58 bits per heavy atom. The van der Waals surface area contributed by atoms with Crippen molar-refractivity contribution in [2.24, 2.45) is 4.99 Å². The van der Waals surface area contributed by atoms with Crippen molar-refractivity contribution in [3.8, 4) is 5.75 Å². The van der Waals surface area contributed by atoms with E-state index in [2.05, 4.69) is 20.9 Å². The van der Waals surface area contributed by atoms with Gasteiger partial charge < -0.3 is 5.11 Å². The predicted octanol–water partition coefficient (Wildman–Crippen LogP) is 5.35.